The van der Waals surface area contributed by atoms with Crippen molar-refractivity contribution in [2.45, 2.75) is 780 Å². The minimum atomic E-state index is -0.199. The van der Waals surface area contributed by atoms with E-state index in [0.717, 1.165) is 70.6 Å². The molecule has 0 rings (SSSR count). The summed E-state index contributed by atoms with van der Waals surface area (Å²) >= 11 is 0. The van der Waals surface area contributed by atoms with Crippen molar-refractivity contribution in [1.82, 2.24) is 0 Å². The normalized spacial score (nSPS) is 12.3. The molecule has 0 saturated heterocycles. The van der Waals surface area contributed by atoms with Crippen LogP contribution >= 0.6 is 0 Å². The molecule has 0 aromatic carbocycles. The molecule has 784 valence electrons. The first-order valence-corrected chi connectivity index (χ1v) is 61.6. The maximum absolute atomic E-state index is 9.94. The van der Waals surface area contributed by atoms with Gasteiger partial charge in [0, 0.05) is 13.2 Å². The SMILES string of the molecule is CCCCC(C)O.CCCCC(O)CCCCCCCCCCCCCCCCCCCCCCCCCC(O)CCCO.CCCCCCCCCCCCCCCCC(O)CCCCCC.CCCCCCCCCCCCCCCCCCCCCCC.CCCCCCCCCCCCCCCCCCCCCCCCCCCCCCCCCCCCCO. The maximum Gasteiger partial charge on any atom is 0.0541 e. The van der Waals surface area contributed by atoms with E-state index in [1.165, 1.54) is 629 Å². The van der Waals surface area contributed by atoms with Crippen molar-refractivity contribution >= 4 is 0 Å². The van der Waals surface area contributed by atoms with Gasteiger partial charge in [-0.2, -0.15) is 0 Å². The highest BCUT2D eigenvalue weighted by atomic mass is 16.3. The van der Waals surface area contributed by atoms with E-state index in [9.17, 15) is 15.3 Å². The molecule has 0 spiro atoms. The van der Waals surface area contributed by atoms with Gasteiger partial charge in [-0.25, -0.2) is 0 Å². The summed E-state index contributed by atoms with van der Waals surface area (Å²) in [4.78, 5) is 0. The van der Waals surface area contributed by atoms with Crippen molar-refractivity contribution in [3.63, 3.8) is 0 Å². The second-order valence-corrected chi connectivity index (χ2v) is 42.4. The summed E-state index contributed by atoms with van der Waals surface area (Å²) in [6, 6.07) is 0. The van der Waals surface area contributed by atoms with Crippen molar-refractivity contribution in [2.75, 3.05) is 13.2 Å². The van der Waals surface area contributed by atoms with Crippen molar-refractivity contribution in [1.29, 1.82) is 0 Å². The Kier molecular flexibility index (Phi) is 145. The van der Waals surface area contributed by atoms with Crippen LogP contribution < -0.4 is 0 Å². The first kappa shape index (κ1) is 137. The highest BCUT2D eigenvalue weighted by Crippen LogP contribution is 2.24. The standard InChI is InChI=1S/C37H76O.C34H70O3.C23H48O.C23H48.C6H14O/c1-2-3-4-5-6-7-8-9-10-11-12-13-14-15-16-17-18-19-20-21-22-23-24-25-26-27-28-29-30-31-32-33-34-35-36-37-38;1-2-3-28-33(36)29-25-23-21-19-17-15-13-11-9-7-5-4-6-8-10-12-14-16-18-20-22-24-26-30-34(37)31-27-32-35;1-3-5-7-9-10-11-12-13-14-15-16-17-18-20-22-23(24)21-19-8-6-4-2;1-3-5-7-9-11-13-15-17-19-21-23-22-20-18-16-14-12-10-8-6-4-2;1-3-4-5-6(2)7/h38H,2-37H2,1H3;33-37H,2-32H2,1H3;23-24H,3-22H2,1-2H3;3-23H2,1-2H3;6-7H,3-5H2,1-2H3. The van der Waals surface area contributed by atoms with Gasteiger partial charge < -0.3 is 30.6 Å². The number of unbranched alkanes of at least 4 members (excludes halogenated alkanes) is 94. The topological polar surface area (TPSA) is 121 Å². The molecular formula is C123H256O6. The van der Waals surface area contributed by atoms with Crippen LogP contribution in [0.1, 0.15) is 755 Å². The molecule has 0 aromatic rings. The van der Waals surface area contributed by atoms with Crippen LogP contribution in [-0.4, -0.2) is 68.3 Å². The lowest BCUT2D eigenvalue weighted by Gasteiger charge is -2.10. The molecular weight excluding hydrogens is 1570 g/mol. The third-order valence-electron chi connectivity index (χ3n) is 28.4. The average Bonchev–Trinajstić information content (AvgIpc) is 1.07. The third-order valence-corrected chi connectivity index (χ3v) is 28.4. The second kappa shape index (κ2) is 136. The fraction of sp³-hybridized carbons (Fsp3) is 1.00. The summed E-state index contributed by atoms with van der Waals surface area (Å²) in [7, 11) is 0. The summed E-state index contributed by atoms with van der Waals surface area (Å²) in [6.45, 7) is 18.2. The first-order valence-electron chi connectivity index (χ1n) is 61.6. The largest absolute Gasteiger partial charge is 0.396 e. The zero-order chi connectivity index (χ0) is 94.8. The van der Waals surface area contributed by atoms with Gasteiger partial charge in [0.15, 0.2) is 0 Å². The van der Waals surface area contributed by atoms with Crippen LogP contribution in [0.3, 0.4) is 0 Å². The molecule has 0 aliphatic carbocycles. The van der Waals surface area contributed by atoms with E-state index in [1.54, 1.807) is 0 Å². The molecule has 0 aromatic heterocycles. The van der Waals surface area contributed by atoms with Crippen molar-refractivity contribution in [3.8, 4) is 0 Å². The van der Waals surface area contributed by atoms with Crippen LogP contribution in [0.5, 0.6) is 0 Å². The zero-order valence-corrected chi connectivity index (χ0v) is 91.5. The van der Waals surface area contributed by atoms with Crippen LogP contribution in [0.4, 0.5) is 0 Å². The fourth-order valence-electron chi connectivity index (χ4n) is 19.1. The minimum absolute atomic E-state index is 0.0285. The number of hydrogen-bond donors (Lipinski definition) is 6. The summed E-state index contributed by atoms with van der Waals surface area (Å²) in [5, 5.41) is 55.8. The molecule has 6 nitrogen and oxygen atoms in total. The van der Waals surface area contributed by atoms with Gasteiger partial charge in [-0.05, 0) is 64.7 Å². The molecule has 0 radical (unpaired) electrons. The highest BCUT2D eigenvalue weighted by molar-refractivity contribution is 4.63. The van der Waals surface area contributed by atoms with E-state index < -0.39 is 0 Å². The van der Waals surface area contributed by atoms with Crippen LogP contribution in [0.2, 0.25) is 0 Å². The predicted octanol–water partition coefficient (Wildman–Crippen LogP) is 43.0. The fourth-order valence-corrected chi connectivity index (χ4v) is 19.1. The van der Waals surface area contributed by atoms with Gasteiger partial charge in [-0.1, -0.05) is 691 Å². The third kappa shape index (κ3) is 148. The Bertz CT molecular complexity index is 1650. The van der Waals surface area contributed by atoms with E-state index in [4.69, 9.17) is 15.3 Å². The Labute approximate surface area is 818 Å². The molecule has 0 heterocycles. The zero-order valence-electron chi connectivity index (χ0n) is 91.5. The average molecular weight is 1830 g/mol. The van der Waals surface area contributed by atoms with E-state index >= 15 is 0 Å². The van der Waals surface area contributed by atoms with Gasteiger partial charge >= 0.3 is 0 Å². The van der Waals surface area contributed by atoms with Crippen molar-refractivity contribution in [2.24, 2.45) is 0 Å². The first-order chi connectivity index (χ1) is 63.6. The highest BCUT2D eigenvalue weighted by Gasteiger charge is 2.09. The summed E-state index contributed by atoms with van der Waals surface area (Å²) in [5.74, 6) is 0. The van der Waals surface area contributed by atoms with Gasteiger partial charge in [0.1, 0.15) is 0 Å². The molecule has 0 aliphatic rings. The van der Waals surface area contributed by atoms with Gasteiger partial charge in [-0.15, -0.1) is 0 Å². The van der Waals surface area contributed by atoms with Crippen LogP contribution in [-0.2, 0) is 0 Å². The van der Waals surface area contributed by atoms with Crippen LogP contribution in [0.25, 0.3) is 0 Å². The number of hydrogen-bond acceptors (Lipinski definition) is 6. The molecule has 129 heavy (non-hydrogen) atoms. The molecule has 6 heteroatoms. The van der Waals surface area contributed by atoms with E-state index in [-0.39, 0.29) is 31.0 Å². The second-order valence-electron chi connectivity index (χ2n) is 42.4. The smallest absolute Gasteiger partial charge is 0.0541 e. The summed E-state index contributed by atoms with van der Waals surface area (Å²) in [6.07, 6.45) is 150. The number of aliphatic hydroxyl groups excluding tert-OH is 6. The molecule has 6 N–H and O–H groups in total. The van der Waals surface area contributed by atoms with Crippen molar-refractivity contribution in [3.05, 3.63) is 0 Å². The molecule has 0 bridgehead atoms. The van der Waals surface area contributed by atoms with Gasteiger partial charge in [-0.3, -0.25) is 0 Å². The molecule has 0 fully saturated rings. The van der Waals surface area contributed by atoms with E-state index in [2.05, 4.69) is 48.5 Å². The number of aliphatic hydroxyl groups is 6. The quantitative estimate of drug-likeness (QED) is 0.0338. The van der Waals surface area contributed by atoms with E-state index in [0.29, 0.717) is 6.61 Å². The summed E-state index contributed by atoms with van der Waals surface area (Å²) in [5.41, 5.74) is 0. The monoisotopic (exact) mass is 1830 g/mol. The van der Waals surface area contributed by atoms with Crippen LogP contribution in [0, 0.1) is 0 Å². The lowest BCUT2D eigenvalue weighted by Crippen LogP contribution is -2.06. The summed E-state index contributed by atoms with van der Waals surface area (Å²) < 4.78 is 0. The van der Waals surface area contributed by atoms with Crippen LogP contribution in [0.15, 0.2) is 0 Å². The van der Waals surface area contributed by atoms with Gasteiger partial charge in [0.05, 0.1) is 24.4 Å². The van der Waals surface area contributed by atoms with Crippen molar-refractivity contribution < 1.29 is 30.6 Å². The molecule has 0 amide bonds. The number of rotatable bonds is 110. The van der Waals surface area contributed by atoms with E-state index in [1.807, 2.05) is 6.92 Å². The predicted molar refractivity (Wildman–Crippen MR) is 587 cm³/mol. The Morgan fingerprint density at radius 3 is 0.318 bits per heavy atom. The molecule has 0 aliphatic heterocycles. The Morgan fingerprint density at radius 2 is 0.202 bits per heavy atom. The Morgan fingerprint density at radius 1 is 0.109 bits per heavy atom. The lowest BCUT2D eigenvalue weighted by atomic mass is 10.0. The minimum Gasteiger partial charge on any atom is -0.396 e. The molecule has 0 saturated carbocycles. The lowest BCUT2D eigenvalue weighted by molar-refractivity contribution is 0.137. The van der Waals surface area contributed by atoms with Gasteiger partial charge in [0.2, 0.25) is 0 Å². The maximum atomic E-state index is 9.94. The Hall–Kier alpha value is -0.240. The van der Waals surface area contributed by atoms with Gasteiger partial charge in [0.25, 0.3) is 0 Å². The molecule has 4 atom stereocenters. The molecule has 4 unspecified atom stereocenters. The Balaban J connectivity index is -0.000000526.